The van der Waals surface area contributed by atoms with Crippen molar-refractivity contribution in [3.63, 3.8) is 0 Å². The highest BCUT2D eigenvalue weighted by atomic mass is 16.2. The van der Waals surface area contributed by atoms with Gasteiger partial charge in [0.05, 0.1) is 5.57 Å². The number of anilines is 1. The van der Waals surface area contributed by atoms with Crippen molar-refractivity contribution in [2.75, 3.05) is 31.1 Å². The van der Waals surface area contributed by atoms with E-state index < -0.39 is 0 Å². The second-order valence-electron chi connectivity index (χ2n) is 8.74. The molecule has 7 nitrogen and oxygen atoms in total. The van der Waals surface area contributed by atoms with Crippen LogP contribution in [0.4, 0.5) is 5.95 Å². The molecule has 1 saturated heterocycles. The van der Waals surface area contributed by atoms with Gasteiger partial charge in [-0.2, -0.15) is 0 Å². The number of hydrogen-bond acceptors (Lipinski definition) is 6. The van der Waals surface area contributed by atoms with Gasteiger partial charge in [0.15, 0.2) is 0 Å². The van der Waals surface area contributed by atoms with E-state index in [2.05, 4.69) is 19.8 Å². The Hall–Kier alpha value is -3.22. The van der Waals surface area contributed by atoms with Crippen LogP contribution in [0.1, 0.15) is 44.1 Å². The first kappa shape index (κ1) is 20.7. The molecule has 32 heavy (non-hydrogen) atoms. The summed E-state index contributed by atoms with van der Waals surface area (Å²) in [5.41, 5.74) is 1.95. The van der Waals surface area contributed by atoms with Crippen LogP contribution in [-0.4, -0.2) is 63.8 Å². The van der Waals surface area contributed by atoms with Crippen molar-refractivity contribution in [2.24, 2.45) is 0 Å². The number of hydrogen-bond donors (Lipinski definition) is 0. The minimum atomic E-state index is -0.128. The quantitative estimate of drug-likeness (QED) is 0.547. The molecule has 0 bridgehead atoms. The standard InChI is InChI=1S/C25H29N5O2/c31-23-21(19-9-4-3-5-10-19)22(24(32)30(23)20-11-6-1-2-7-12-20)28-15-17-29(18-16-28)25-26-13-8-14-27-25/h3-5,8-10,13-14,20H,1-2,6-7,11-12,15-18H2. The third kappa shape index (κ3) is 3.87. The van der Waals surface area contributed by atoms with Gasteiger partial charge in [-0.25, -0.2) is 9.97 Å². The molecule has 0 atom stereocenters. The van der Waals surface area contributed by atoms with E-state index in [1.807, 2.05) is 36.4 Å². The maximum absolute atomic E-state index is 13.7. The molecule has 7 heteroatoms. The van der Waals surface area contributed by atoms with E-state index in [1.54, 1.807) is 17.3 Å². The van der Waals surface area contributed by atoms with Crippen molar-refractivity contribution < 1.29 is 9.59 Å². The Morgan fingerprint density at radius 1 is 0.719 bits per heavy atom. The maximum atomic E-state index is 13.7. The van der Waals surface area contributed by atoms with E-state index in [-0.39, 0.29) is 17.9 Å². The molecule has 2 aliphatic heterocycles. The van der Waals surface area contributed by atoms with Crippen LogP contribution in [-0.2, 0) is 9.59 Å². The Balaban J connectivity index is 1.44. The summed E-state index contributed by atoms with van der Waals surface area (Å²) < 4.78 is 0. The largest absolute Gasteiger partial charge is 0.363 e. The molecule has 166 valence electrons. The molecule has 1 aromatic heterocycles. The molecule has 0 spiro atoms. The zero-order valence-electron chi connectivity index (χ0n) is 18.3. The summed E-state index contributed by atoms with van der Waals surface area (Å²) in [7, 11) is 0. The predicted octanol–water partition coefficient (Wildman–Crippen LogP) is 3.10. The van der Waals surface area contributed by atoms with Gasteiger partial charge in [0, 0.05) is 44.6 Å². The zero-order valence-corrected chi connectivity index (χ0v) is 18.3. The first-order valence-corrected chi connectivity index (χ1v) is 11.7. The molecule has 0 radical (unpaired) electrons. The van der Waals surface area contributed by atoms with Crippen LogP contribution in [0.5, 0.6) is 0 Å². The summed E-state index contributed by atoms with van der Waals surface area (Å²) in [4.78, 5) is 41.9. The highest BCUT2D eigenvalue weighted by Gasteiger charge is 2.45. The van der Waals surface area contributed by atoms with Gasteiger partial charge < -0.3 is 9.80 Å². The van der Waals surface area contributed by atoms with E-state index in [9.17, 15) is 9.59 Å². The predicted molar refractivity (Wildman–Crippen MR) is 123 cm³/mol. The SMILES string of the molecule is O=C1C(c2ccccc2)=C(N2CCN(c3ncccn3)CC2)C(=O)N1C1CCCCCC1. The Labute approximate surface area is 188 Å². The average Bonchev–Trinajstić information content (AvgIpc) is 3.00. The van der Waals surface area contributed by atoms with Crippen molar-refractivity contribution >= 4 is 23.3 Å². The van der Waals surface area contributed by atoms with Crippen LogP contribution in [0.3, 0.4) is 0 Å². The van der Waals surface area contributed by atoms with E-state index in [4.69, 9.17) is 0 Å². The maximum Gasteiger partial charge on any atom is 0.278 e. The lowest BCUT2D eigenvalue weighted by molar-refractivity contribution is -0.140. The first-order chi connectivity index (χ1) is 15.7. The van der Waals surface area contributed by atoms with E-state index in [1.165, 1.54) is 12.8 Å². The molecule has 2 amide bonds. The summed E-state index contributed by atoms with van der Waals surface area (Å²) in [5.74, 6) is 0.459. The molecule has 1 aliphatic carbocycles. The van der Waals surface area contributed by atoms with Crippen molar-refractivity contribution in [3.05, 3.63) is 60.1 Å². The van der Waals surface area contributed by atoms with Crippen LogP contribution in [0.25, 0.3) is 5.57 Å². The lowest BCUT2D eigenvalue weighted by Gasteiger charge is -2.36. The van der Waals surface area contributed by atoms with Crippen LogP contribution in [0.2, 0.25) is 0 Å². The van der Waals surface area contributed by atoms with Gasteiger partial charge in [-0.05, 0) is 24.5 Å². The third-order valence-electron chi connectivity index (χ3n) is 6.77. The molecule has 1 aromatic carbocycles. The first-order valence-electron chi connectivity index (χ1n) is 11.7. The summed E-state index contributed by atoms with van der Waals surface area (Å²) in [5, 5.41) is 0. The Morgan fingerprint density at radius 2 is 1.34 bits per heavy atom. The Morgan fingerprint density at radius 3 is 2.00 bits per heavy atom. The fourth-order valence-corrected chi connectivity index (χ4v) is 5.13. The minimum absolute atomic E-state index is 0.00715. The van der Waals surface area contributed by atoms with Crippen LogP contribution in [0.15, 0.2) is 54.5 Å². The topological polar surface area (TPSA) is 69.6 Å². The summed E-state index contributed by atoms with van der Waals surface area (Å²) in [6, 6.07) is 11.5. The van der Waals surface area contributed by atoms with E-state index >= 15 is 0 Å². The number of piperazine rings is 1. The summed E-state index contributed by atoms with van der Waals surface area (Å²) >= 11 is 0. The van der Waals surface area contributed by atoms with Gasteiger partial charge in [0.25, 0.3) is 11.8 Å². The zero-order chi connectivity index (χ0) is 21.9. The number of rotatable bonds is 4. The number of aromatic nitrogens is 2. The molecule has 1 saturated carbocycles. The lowest BCUT2D eigenvalue weighted by Crippen LogP contribution is -2.49. The smallest absolute Gasteiger partial charge is 0.278 e. The fraction of sp³-hybridized carbons (Fsp3) is 0.440. The lowest BCUT2D eigenvalue weighted by atomic mass is 10.0. The van der Waals surface area contributed by atoms with Gasteiger partial charge in [0.2, 0.25) is 5.95 Å². The van der Waals surface area contributed by atoms with Gasteiger partial charge >= 0.3 is 0 Å². The Kier molecular flexibility index (Phi) is 5.88. The van der Waals surface area contributed by atoms with Gasteiger partial charge in [-0.1, -0.05) is 56.0 Å². The van der Waals surface area contributed by atoms with Crippen molar-refractivity contribution in [3.8, 4) is 0 Å². The third-order valence-corrected chi connectivity index (χ3v) is 6.77. The molecule has 5 rings (SSSR count). The van der Waals surface area contributed by atoms with Crippen LogP contribution in [0, 0.1) is 0 Å². The summed E-state index contributed by atoms with van der Waals surface area (Å²) in [6.07, 6.45) is 9.83. The highest BCUT2D eigenvalue weighted by Crippen LogP contribution is 2.36. The second kappa shape index (κ2) is 9.10. The average molecular weight is 432 g/mol. The van der Waals surface area contributed by atoms with E-state index in [0.717, 1.165) is 31.2 Å². The number of amides is 2. The molecule has 2 aromatic rings. The monoisotopic (exact) mass is 431 g/mol. The highest BCUT2D eigenvalue weighted by molar-refractivity contribution is 6.35. The summed E-state index contributed by atoms with van der Waals surface area (Å²) in [6.45, 7) is 2.73. The van der Waals surface area contributed by atoms with Gasteiger partial charge in [0.1, 0.15) is 5.70 Å². The molecule has 3 aliphatic rings. The molecular formula is C25H29N5O2. The number of imide groups is 1. The Bertz CT molecular complexity index is 992. The minimum Gasteiger partial charge on any atom is -0.363 e. The molecular weight excluding hydrogens is 402 g/mol. The number of carbonyl (C=O) groups is 2. The molecule has 3 heterocycles. The number of carbonyl (C=O) groups excluding carboxylic acids is 2. The number of nitrogens with zero attached hydrogens (tertiary/aromatic N) is 5. The van der Waals surface area contributed by atoms with Crippen LogP contribution < -0.4 is 4.90 Å². The number of benzene rings is 1. The molecule has 0 unspecified atom stereocenters. The molecule has 0 N–H and O–H groups in total. The van der Waals surface area contributed by atoms with Gasteiger partial charge in [-0.15, -0.1) is 0 Å². The van der Waals surface area contributed by atoms with E-state index in [0.29, 0.717) is 43.4 Å². The van der Waals surface area contributed by atoms with Crippen molar-refractivity contribution in [1.82, 2.24) is 19.8 Å². The molecule has 2 fully saturated rings. The van der Waals surface area contributed by atoms with Crippen molar-refractivity contribution in [1.29, 1.82) is 0 Å². The van der Waals surface area contributed by atoms with Crippen LogP contribution >= 0.6 is 0 Å². The normalized spacial score (nSPS) is 20.8. The fourth-order valence-electron chi connectivity index (χ4n) is 5.13. The van der Waals surface area contributed by atoms with Crippen molar-refractivity contribution in [2.45, 2.75) is 44.6 Å². The second-order valence-corrected chi connectivity index (χ2v) is 8.74. The van der Waals surface area contributed by atoms with Gasteiger partial charge in [-0.3, -0.25) is 14.5 Å².